The Morgan fingerprint density at radius 1 is 1.18 bits per heavy atom. The van der Waals surface area contributed by atoms with E-state index in [0.29, 0.717) is 13.1 Å². The number of carbonyl (C=O) groups excluding carboxylic acids is 1. The van der Waals surface area contributed by atoms with Crippen molar-refractivity contribution in [2.75, 3.05) is 26.2 Å². The summed E-state index contributed by atoms with van der Waals surface area (Å²) in [5.74, 6) is 1.28. The highest BCUT2D eigenvalue weighted by Gasteiger charge is 2.28. The Labute approximate surface area is 120 Å². The normalized spacial score (nSPS) is 13.3. The SMILES string of the molecule is CCNC(=NCCNC(=O)C1CC1)NCC.I. The van der Waals surface area contributed by atoms with E-state index in [4.69, 9.17) is 0 Å². The van der Waals surface area contributed by atoms with Crippen LogP contribution in [0, 0.1) is 5.92 Å². The van der Waals surface area contributed by atoms with Crippen LogP contribution in [0.4, 0.5) is 0 Å². The van der Waals surface area contributed by atoms with Crippen molar-refractivity contribution in [2.45, 2.75) is 26.7 Å². The average Bonchev–Trinajstić information content (AvgIpc) is 3.08. The van der Waals surface area contributed by atoms with Crippen molar-refractivity contribution in [1.29, 1.82) is 0 Å². The fourth-order valence-electron chi connectivity index (χ4n) is 1.35. The number of amides is 1. The lowest BCUT2D eigenvalue weighted by atomic mass is 10.4. The summed E-state index contributed by atoms with van der Waals surface area (Å²) in [7, 11) is 0. The van der Waals surface area contributed by atoms with Gasteiger partial charge < -0.3 is 16.0 Å². The Balaban J connectivity index is 0.00000256. The molecule has 5 nitrogen and oxygen atoms in total. The molecular formula is C11H23IN4O. The van der Waals surface area contributed by atoms with Crippen LogP contribution in [0.15, 0.2) is 4.99 Å². The molecule has 3 N–H and O–H groups in total. The fourth-order valence-corrected chi connectivity index (χ4v) is 1.35. The van der Waals surface area contributed by atoms with E-state index in [1.54, 1.807) is 0 Å². The summed E-state index contributed by atoms with van der Waals surface area (Å²) in [6.45, 7) is 6.99. The van der Waals surface area contributed by atoms with Crippen molar-refractivity contribution in [2.24, 2.45) is 10.9 Å². The summed E-state index contributed by atoms with van der Waals surface area (Å²) >= 11 is 0. The summed E-state index contributed by atoms with van der Waals surface area (Å²) < 4.78 is 0. The summed E-state index contributed by atoms with van der Waals surface area (Å²) in [5, 5.41) is 9.15. The monoisotopic (exact) mass is 354 g/mol. The van der Waals surface area contributed by atoms with Gasteiger partial charge in [0.25, 0.3) is 0 Å². The van der Waals surface area contributed by atoms with E-state index in [1.165, 1.54) is 0 Å². The Bertz CT molecular complexity index is 246. The molecule has 1 saturated carbocycles. The maximum absolute atomic E-state index is 11.3. The highest BCUT2D eigenvalue weighted by Crippen LogP contribution is 2.28. The van der Waals surface area contributed by atoms with E-state index < -0.39 is 0 Å². The molecule has 6 heteroatoms. The van der Waals surface area contributed by atoms with Gasteiger partial charge in [-0.05, 0) is 26.7 Å². The first-order valence-electron chi connectivity index (χ1n) is 6.07. The number of hydrogen-bond acceptors (Lipinski definition) is 2. The first-order chi connectivity index (χ1) is 7.77. The van der Waals surface area contributed by atoms with Gasteiger partial charge in [0.2, 0.25) is 5.91 Å². The van der Waals surface area contributed by atoms with Crippen molar-refractivity contribution in [1.82, 2.24) is 16.0 Å². The number of rotatable bonds is 6. The van der Waals surface area contributed by atoms with Gasteiger partial charge >= 0.3 is 0 Å². The largest absolute Gasteiger partial charge is 0.357 e. The molecule has 1 amide bonds. The van der Waals surface area contributed by atoms with E-state index in [2.05, 4.69) is 20.9 Å². The van der Waals surface area contributed by atoms with Crippen molar-refractivity contribution in [3.63, 3.8) is 0 Å². The van der Waals surface area contributed by atoms with Crippen LogP contribution >= 0.6 is 24.0 Å². The summed E-state index contributed by atoms with van der Waals surface area (Å²) in [6, 6.07) is 0. The van der Waals surface area contributed by atoms with E-state index in [0.717, 1.165) is 31.9 Å². The molecule has 0 aromatic carbocycles. The van der Waals surface area contributed by atoms with Crippen molar-refractivity contribution in [3.05, 3.63) is 0 Å². The number of nitrogens with zero attached hydrogens (tertiary/aromatic N) is 1. The molecule has 0 atom stereocenters. The highest BCUT2D eigenvalue weighted by atomic mass is 127. The summed E-state index contributed by atoms with van der Waals surface area (Å²) in [5.41, 5.74) is 0. The van der Waals surface area contributed by atoms with E-state index in [9.17, 15) is 4.79 Å². The van der Waals surface area contributed by atoms with E-state index in [-0.39, 0.29) is 35.8 Å². The zero-order chi connectivity index (χ0) is 11.8. The van der Waals surface area contributed by atoms with Crippen molar-refractivity contribution >= 4 is 35.8 Å². The van der Waals surface area contributed by atoms with Crippen LogP contribution in [0.25, 0.3) is 0 Å². The molecule has 0 aliphatic heterocycles. The van der Waals surface area contributed by atoms with E-state index >= 15 is 0 Å². The van der Waals surface area contributed by atoms with E-state index in [1.807, 2.05) is 13.8 Å². The van der Waals surface area contributed by atoms with Crippen LogP contribution in [0.5, 0.6) is 0 Å². The molecule has 17 heavy (non-hydrogen) atoms. The smallest absolute Gasteiger partial charge is 0.223 e. The number of guanidine groups is 1. The summed E-state index contributed by atoms with van der Waals surface area (Å²) in [6.07, 6.45) is 2.10. The van der Waals surface area contributed by atoms with Gasteiger partial charge in [0.15, 0.2) is 5.96 Å². The summed E-state index contributed by atoms with van der Waals surface area (Å²) in [4.78, 5) is 15.6. The first kappa shape index (κ1) is 16.5. The maximum atomic E-state index is 11.3. The minimum Gasteiger partial charge on any atom is -0.357 e. The molecule has 0 aromatic heterocycles. The molecule has 0 unspecified atom stereocenters. The molecule has 1 rings (SSSR count). The van der Waals surface area contributed by atoms with Gasteiger partial charge in [-0.25, -0.2) is 0 Å². The zero-order valence-corrected chi connectivity index (χ0v) is 12.9. The number of halogens is 1. The molecular weight excluding hydrogens is 331 g/mol. The molecule has 0 heterocycles. The Morgan fingerprint density at radius 2 is 1.76 bits per heavy atom. The molecule has 1 aliphatic carbocycles. The van der Waals surface area contributed by atoms with Gasteiger partial charge in [-0.2, -0.15) is 0 Å². The topological polar surface area (TPSA) is 65.5 Å². The minimum atomic E-state index is 0. The minimum absolute atomic E-state index is 0. The van der Waals surface area contributed by atoms with Crippen molar-refractivity contribution in [3.8, 4) is 0 Å². The lowest BCUT2D eigenvalue weighted by Crippen LogP contribution is -2.38. The number of carbonyl (C=O) groups is 1. The van der Waals surface area contributed by atoms with Gasteiger partial charge in [-0.3, -0.25) is 9.79 Å². The Morgan fingerprint density at radius 3 is 2.24 bits per heavy atom. The number of aliphatic imine (C=N–C) groups is 1. The van der Waals surface area contributed by atoms with Crippen LogP contribution in [-0.4, -0.2) is 38.0 Å². The third-order valence-corrected chi connectivity index (χ3v) is 2.32. The van der Waals surface area contributed by atoms with Gasteiger partial charge in [0.1, 0.15) is 0 Å². The predicted octanol–water partition coefficient (Wildman–Crippen LogP) is 0.706. The Kier molecular flexibility index (Phi) is 9.20. The third kappa shape index (κ3) is 7.40. The molecule has 0 spiro atoms. The van der Waals surface area contributed by atoms with Crippen LogP contribution in [0.3, 0.4) is 0 Å². The number of hydrogen-bond donors (Lipinski definition) is 3. The second kappa shape index (κ2) is 9.49. The second-order valence-electron chi connectivity index (χ2n) is 3.86. The molecule has 0 bridgehead atoms. The molecule has 0 saturated heterocycles. The van der Waals surface area contributed by atoms with Gasteiger partial charge in [-0.1, -0.05) is 0 Å². The Hall–Kier alpha value is -0.530. The first-order valence-corrected chi connectivity index (χ1v) is 6.07. The second-order valence-corrected chi connectivity index (χ2v) is 3.86. The number of nitrogens with one attached hydrogen (secondary N) is 3. The maximum Gasteiger partial charge on any atom is 0.223 e. The molecule has 1 fully saturated rings. The van der Waals surface area contributed by atoms with Crippen LogP contribution in [-0.2, 0) is 4.79 Å². The lowest BCUT2D eigenvalue weighted by Gasteiger charge is -2.09. The lowest BCUT2D eigenvalue weighted by molar-refractivity contribution is -0.122. The fraction of sp³-hybridized carbons (Fsp3) is 0.818. The van der Waals surface area contributed by atoms with Crippen molar-refractivity contribution < 1.29 is 4.79 Å². The zero-order valence-electron chi connectivity index (χ0n) is 10.6. The van der Waals surface area contributed by atoms with Crippen LogP contribution < -0.4 is 16.0 Å². The third-order valence-electron chi connectivity index (χ3n) is 2.32. The highest BCUT2D eigenvalue weighted by molar-refractivity contribution is 14.0. The molecule has 0 aromatic rings. The van der Waals surface area contributed by atoms with Gasteiger partial charge in [0.05, 0.1) is 6.54 Å². The van der Waals surface area contributed by atoms with Crippen LogP contribution in [0.2, 0.25) is 0 Å². The molecule has 0 radical (unpaired) electrons. The van der Waals surface area contributed by atoms with Gasteiger partial charge in [-0.15, -0.1) is 24.0 Å². The van der Waals surface area contributed by atoms with Gasteiger partial charge in [0, 0.05) is 25.6 Å². The average molecular weight is 354 g/mol. The quantitative estimate of drug-likeness (QED) is 0.285. The van der Waals surface area contributed by atoms with Crippen LogP contribution in [0.1, 0.15) is 26.7 Å². The standard InChI is InChI=1S/C11H22N4O.HI/c1-3-12-11(13-4-2)15-8-7-14-10(16)9-5-6-9;/h9H,3-8H2,1-2H3,(H,14,16)(H2,12,13,15);1H. The predicted molar refractivity (Wildman–Crippen MR) is 80.8 cm³/mol. The molecule has 100 valence electrons. The molecule has 1 aliphatic rings.